The number of hydrogen-bond donors (Lipinski definition) is 3. The third-order valence-corrected chi connectivity index (χ3v) is 15.4. The lowest BCUT2D eigenvalue weighted by molar-refractivity contribution is -0.143. The molecule has 6 nitrogen and oxygen atoms in total. The van der Waals surface area contributed by atoms with E-state index in [9.17, 15) is 19.8 Å². The molecule has 0 bridgehead atoms. The van der Waals surface area contributed by atoms with E-state index in [0.717, 1.165) is 57.8 Å². The zero-order chi connectivity index (χ0) is 54.3. The summed E-state index contributed by atoms with van der Waals surface area (Å²) < 4.78 is 5.48. The lowest BCUT2D eigenvalue weighted by Crippen LogP contribution is -2.45. The molecule has 0 aliphatic rings. The Labute approximate surface area is 467 Å². The first-order chi connectivity index (χ1) is 37.0. The summed E-state index contributed by atoms with van der Waals surface area (Å²) in [6.45, 7) is 4.92. The molecule has 0 saturated heterocycles. The lowest BCUT2D eigenvalue weighted by atomic mass is 10.0. The van der Waals surface area contributed by atoms with Crippen molar-refractivity contribution in [2.75, 3.05) is 13.2 Å². The molecule has 75 heavy (non-hydrogen) atoms. The summed E-state index contributed by atoms with van der Waals surface area (Å²) in [4.78, 5) is 24.5. The first kappa shape index (κ1) is 72.8. The van der Waals surface area contributed by atoms with Gasteiger partial charge < -0.3 is 20.3 Å². The lowest BCUT2D eigenvalue weighted by Gasteiger charge is -2.22. The Hall–Kier alpha value is -2.18. The number of aliphatic hydroxyl groups is 2. The average molecular weight is 1050 g/mol. The normalized spacial score (nSPS) is 12.9. The molecule has 0 aromatic heterocycles. The van der Waals surface area contributed by atoms with Crippen molar-refractivity contribution in [3.8, 4) is 0 Å². The van der Waals surface area contributed by atoms with Crippen LogP contribution in [0.5, 0.6) is 0 Å². The van der Waals surface area contributed by atoms with Gasteiger partial charge in [0.05, 0.1) is 25.4 Å². The Balaban J connectivity index is 3.37. The molecule has 0 aliphatic heterocycles. The van der Waals surface area contributed by atoms with E-state index >= 15 is 0 Å². The van der Waals surface area contributed by atoms with Gasteiger partial charge in [-0.15, -0.1) is 0 Å². The molecule has 3 N–H and O–H groups in total. The van der Waals surface area contributed by atoms with Crippen molar-refractivity contribution in [1.29, 1.82) is 0 Å². The molecule has 0 heterocycles. The number of hydrogen-bond acceptors (Lipinski definition) is 5. The first-order valence-corrected chi connectivity index (χ1v) is 33.4. The van der Waals surface area contributed by atoms with Crippen LogP contribution in [0.15, 0.2) is 48.6 Å². The fourth-order valence-corrected chi connectivity index (χ4v) is 10.2. The van der Waals surface area contributed by atoms with Crippen LogP contribution >= 0.6 is 0 Å². The summed E-state index contributed by atoms with van der Waals surface area (Å²) in [6, 6.07) is -0.539. The fraction of sp³-hybridized carbons (Fsp3) is 0.855. The quantitative estimate of drug-likeness (QED) is 0.0320. The third-order valence-electron chi connectivity index (χ3n) is 15.4. The molecule has 2 atom stereocenters. The molecule has 0 aromatic carbocycles. The second-order valence-corrected chi connectivity index (χ2v) is 22.8. The number of aliphatic hydroxyl groups excluding tert-OH is 2. The van der Waals surface area contributed by atoms with Crippen molar-refractivity contribution in [3.63, 3.8) is 0 Å². The van der Waals surface area contributed by atoms with Gasteiger partial charge >= 0.3 is 5.97 Å². The first-order valence-electron chi connectivity index (χ1n) is 33.4. The predicted octanol–water partition coefficient (Wildman–Crippen LogP) is 21.3. The molecule has 0 radical (unpaired) electrons. The van der Waals surface area contributed by atoms with Crippen LogP contribution < -0.4 is 5.32 Å². The summed E-state index contributed by atoms with van der Waals surface area (Å²) in [5, 5.41) is 23.2. The number of nitrogens with one attached hydrogen (secondary N) is 1. The smallest absolute Gasteiger partial charge is 0.305 e. The van der Waals surface area contributed by atoms with Crippen LogP contribution in [-0.2, 0) is 14.3 Å². The maximum atomic E-state index is 12.4. The van der Waals surface area contributed by atoms with Crippen LogP contribution in [0.1, 0.15) is 354 Å². The predicted molar refractivity (Wildman–Crippen MR) is 329 cm³/mol. The van der Waals surface area contributed by atoms with Crippen molar-refractivity contribution in [2.45, 2.75) is 366 Å². The highest BCUT2D eigenvalue weighted by molar-refractivity contribution is 5.76. The van der Waals surface area contributed by atoms with Crippen molar-refractivity contribution in [1.82, 2.24) is 5.32 Å². The molecular formula is C69H129NO5. The van der Waals surface area contributed by atoms with Gasteiger partial charge in [-0.1, -0.05) is 300 Å². The zero-order valence-corrected chi connectivity index (χ0v) is 50.3. The second-order valence-electron chi connectivity index (χ2n) is 22.8. The summed E-state index contributed by atoms with van der Waals surface area (Å²) >= 11 is 0. The summed E-state index contributed by atoms with van der Waals surface area (Å²) in [5.41, 5.74) is 0. The Kier molecular flexibility index (Phi) is 62.5. The van der Waals surface area contributed by atoms with Gasteiger partial charge in [0.25, 0.3) is 0 Å². The van der Waals surface area contributed by atoms with E-state index in [0.29, 0.717) is 25.9 Å². The van der Waals surface area contributed by atoms with Crippen molar-refractivity contribution in [2.24, 2.45) is 0 Å². The maximum absolute atomic E-state index is 12.4. The van der Waals surface area contributed by atoms with Gasteiger partial charge in [0.15, 0.2) is 0 Å². The van der Waals surface area contributed by atoms with Crippen molar-refractivity contribution in [3.05, 3.63) is 48.6 Å². The van der Waals surface area contributed by atoms with Gasteiger partial charge in [0.1, 0.15) is 0 Å². The monoisotopic (exact) mass is 1050 g/mol. The van der Waals surface area contributed by atoms with Gasteiger partial charge in [-0.3, -0.25) is 9.59 Å². The third kappa shape index (κ3) is 60.9. The number of esters is 1. The Morgan fingerprint density at radius 2 is 0.667 bits per heavy atom. The average Bonchev–Trinajstić information content (AvgIpc) is 3.41. The van der Waals surface area contributed by atoms with E-state index in [1.165, 1.54) is 263 Å². The molecule has 0 spiro atoms. The van der Waals surface area contributed by atoms with E-state index in [1.54, 1.807) is 0 Å². The van der Waals surface area contributed by atoms with E-state index in [4.69, 9.17) is 4.74 Å². The SMILES string of the molecule is CCCCC/C=C\C/C=C\CCCCCCCC(=O)OCCCCCCCCCCC/C=C\C/C=C\CCCCCCCCCCCCCCCCCCCC(=O)NC(CO)C(O)CCCCCCCCCCCC. The fourth-order valence-electron chi connectivity index (χ4n) is 10.2. The summed E-state index contributed by atoms with van der Waals surface area (Å²) in [6.07, 6.45) is 83.0. The number of carbonyl (C=O) groups is 2. The highest BCUT2D eigenvalue weighted by Crippen LogP contribution is 2.18. The number of carbonyl (C=O) groups excluding carboxylic acids is 2. The highest BCUT2D eigenvalue weighted by atomic mass is 16.5. The molecule has 1 amide bonds. The van der Waals surface area contributed by atoms with Gasteiger partial charge in [0.2, 0.25) is 5.91 Å². The molecule has 6 heteroatoms. The summed E-state index contributed by atoms with van der Waals surface area (Å²) in [7, 11) is 0. The molecular weight excluding hydrogens is 923 g/mol. The Morgan fingerprint density at radius 3 is 1.04 bits per heavy atom. The minimum Gasteiger partial charge on any atom is -0.466 e. The van der Waals surface area contributed by atoms with E-state index in [2.05, 4.69) is 67.8 Å². The van der Waals surface area contributed by atoms with E-state index in [-0.39, 0.29) is 18.5 Å². The number of allylic oxidation sites excluding steroid dienone is 8. The molecule has 0 saturated carbocycles. The van der Waals surface area contributed by atoms with E-state index < -0.39 is 12.1 Å². The van der Waals surface area contributed by atoms with Crippen LogP contribution in [0.2, 0.25) is 0 Å². The molecule has 0 aliphatic carbocycles. The summed E-state index contributed by atoms with van der Waals surface area (Å²) in [5.74, 6) is -0.0341. The minimum absolute atomic E-state index is 0.0000720. The largest absolute Gasteiger partial charge is 0.466 e. The minimum atomic E-state index is -0.661. The second kappa shape index (κ2) is 64.3. The van der Waals surface area contributed by atoms with Gasteiger partial charge in [-0.2, -0.15) is 0 Å². The number of rotatable bonds is 62. The maximum Gasteiger partial charge on any atom is 0.305 e. The molecule has 2 unspecified atom stereocenters. The van der Waals surface area contributed by atoms with Crippen LogP contribution in [0.25, 0.3) is 0 Å². The van der Waals surface area contributed by atoms with Crippen molar-refractivity contribution < 1.29 is 24.5 Å². The van der Waals surface area contributed by atoms with Crippen LogP contribution in [0.3, 0.4) is 0 Å². The van der Waals surface area contributed by atoms with Crippen LogP contribution in [0.4, 0.5) is 0 Å². The van der Waals surface area contributed by atoms with Crippen LogP contribution in [-0.4, -0.2) is 47.4 Å². The van der Waals surface area contributed by atoms with Gasteiger partial charge in [-0.25, -0.2) is 0 Å². The Morgan fingerprint density at radius 1 is 0.373 bits per heavy atom. The number of amides is 1. The van der Waals surface area contributed by atoms with Gasteiger partial charge in [0, 0.05) is 12.8 Å². The Bertz CT molecular complexity index is 1260. The molecule has 0 rings (SSSR count). The van der Waals surface area contributed by atoms with Gasteiger partial charge in [-0.05, 0) is 89.9 Å². The molecule has 0 aromatic rings. The van der Waals surface area contributed by atoms with E-state index in [1.807, 2.05) is 0 Å². The highest BCUT2D eigenvalue weighted by Gasteiger charge is 2.20. The number of ether oxygens (including phenoxy) is 1. The number of unbranched alkanes of at least 4 members (excludes halogenated alkanes) is 43. The molecule has 440 valence electrons. The topological polar surface area (TPSA) is 95.9 Å². The standard InChI is InChI=1S/C69H129NO5/c1-3-5-7-9-11-13-15-16-36-40-43-47-51-55-59-63-69(74)75-64-60-56-52-48-44-41-38-35-33-31-29-27-25-23-21-19-17-18-20-22-24-26-28-30-32-34-37-39-42-46-50-54-58-62-68(73)70-66(65-71)67(72)61-57-53-49-45-14-12-10-8-6-4-2/h11,13,16,21,23,27,29,36,66-67,71-72H,3-10,12,14-15,17-20,22,24-26,28,30-35,37-65H2,1-2H3,(H,70,73)/b13-11-,23-21-,29-27-,36-16-. The molecule has 0 fully saturated rings. The van der Waals surface area contributed by atoms with Crippen molar-refractivity contribution >= 4 is 11.9 Å². The van der Waals surface area contributed by atoms with Crippen LogP contribution in [0, 0.1) is 0 Å². The zero-order valence-electron chi connectivity index (χ0n) is 50.3.